The van der Waals surface area contributed by atoms with Crippen molar-refractivity contribution in [3.8, 4) is 0 Å². The highest BCUT2D eigenvalue weighted by Gasteiger charge is 2.38. The Balaban J connectivity index is 1.45. The number of fused-ring (bicyclic) bond motifs is 2. The van der Waals surface area contributed by atoms with E-state index in [0.29, 0.717) is 0 Å². The van der Waals surface area contributed by atoms with Gasteiger partial charge in [-0.15, -0.1) is 0 Å². The van der Waals surface area contributed by atoms with Crippen LogP contribution in [0.15, 0.2) is 188 Å². The van der Waals surface area contributed by atoms with E-state index in [2.05, 4.69) is 194 Å². The van der Waals surface area contributed by atoms with Gasteiger partial charge in [-0.2, -0.15) is 0 Å². The first kappa shape index (κ1) is 28.8. The third-order valence-electron chi connectivity index (χ3n) is 9.04. The zero-order valence-electron chi connectivity index (χ0n) is 25.5. The fraction of sp³-hybridized carbons (Fsp3) is 0.0455. The van der Waals surface area contributed by atoms with Crippen molar-refractivity contribution in [2.75, 3.05) is 0 Å². The summed E-state index contributed by atoms with van der Waals surface area (Å²) >= 11 is 0. The lowest BCUT2D eigenvalue weighted by atomic mass is 9.80. The van der Waals surface area contributed by atoms with E-state index >= 15 is 0 Å². The van der Waals surface area contributed by atoms with Crippen LogP contribution in [0.25, 0.3) is 16.8 Å². The maximum Gasteiger partial charge on any atom is 0.0216 e. The number of hydrogen-bond acceptors (Lipinski definition) is 0. The van der Waals surface area contributed by atoms with Gasteiger partial charge in [0.2, 0.25) is 0 Å². The summed E-state index contributed by atoms with van der Waals surface area (Å²) in [5, 5.41) is 9.69. The maximum atomic E-state index is 2.54. The van der Waals surface area contributed by atoms with Gasteiger partial charge in [0.25, 0.3) is 0 Å². The lowest BCUT2D eigenvalue weighted by molar-refractivity contribution is 0.842. The maximum absolute atomic E-state index is 2.54. The molecule has 220 valence electrons. The summed E-state index contributed by atoms with van der Waals surface area (Å²) in [4.78, 5) is 0. The van der Waals surface area contributed by atoms with E-state index in [1.165, 1.54) is 54.0 Å². The summed E-state index contributed by atoms with van der Waals surface area (Å²) < 4.78 is 0. The first-order valence-corrected chi connectivity index (χ1v) is 18.7. The fourth-order valence-electron chi connectivity index (χ4n) is 7.06. The highest BCUT2D eigenvalue weighted by atomic mass is 31.1. The molecule has 7 aromatic carbocycles. The van der Waals surface area contributed by atoms with E-state index in [1.54, 1.807) is 0 Å². The Bertz CT molecular complexity index is 2030. The van der Waals surface area contributed by atoms with Crippen molar-refractivity contribution in [1.29, 1.82) is 0 Å². The largest absolute Gasteiger partial charge is 0.0749 e. The molecule has 0 bridgehead atoms. The molecule has 46 heavy (non-hydrogen) atoms. The Morgan fingerprint density at radius 1 is 0.413 bits per heavy atom. The second kappa shape index (κ2) is 13.0. The van der Waals surface area contributed by atoms with Crippen LogP contribution in [-0.2, 0) is 0 Å². The van der Waals surface area contributed by atoms with Crippen molar-refractivity contribution in [3.63, 3.8) is 0 Å². The molecule has 0 aromatic heterocycles. The second-order valence-corrected chi connectivity index (χ2v) is 16.3. The number of hydrogen-bond donors (Lipinski definition) is 0. The van der Waals surface area contributed by atoms with Crippen LogP contribution in [0.1, 0.15) is 22.6 Å². The highest BCUT2D eigenvalue weighted by molar-refractivity contribution is 7.80. The molecule has 0 spiro atoms. The molecule has 0 heterocycles. The standard InChI is InChI=1S/C44H34P2/c1-5-19-35(20-6-1)45(36-21-7-2-8-22-36)41-31-29-33-17-13-15-27-39(33)43(41)44-40-28-16-14-18-34(40)30-32-42(44)46(37-23-9-3-10-24-37)38-25-11-4-12-26-38/h1-32,41,43H/t41-,43?/m1/s1. The van der Waals surface area contributed by atoms with Crippen molar-refractivity contribution >= 4 is 59.2 Å². The van der Waals surface area contributed by atoms with Gasteiger partial charge in [-0.25, -0.2) is 0 Å². The van der Waals surface area contributed by atoms with Gasteiger partial charge in [0.15, 0.2) is 0 Å². The molecular weight excluding hydrogens is 590 g/mol. The van der Waals surface area contributed by atoms with E-state index in [4.69, 9.17) is 0 Å². The van der Waals surface area contributed by atoms with Gasteiger partial charge in [0, 0.05) is 11.6 Å². The average Bonchev–Trinajstić information content (AvgIpc) is 3.14. The SMILES string of the molecule is C1=C[C@@H](P(c2ccccc2)c2ccccc2)C(c2c(P(c3ccccc3)c3ccccc3)ccc3ccccc23)c2ccccc21. The molecule has 2 heteroatoms. The van der Waals surface area contributed by atoms with E-state index < -0.39 is 15.8 Å². The van der Waals surface area contributed by atoms with E-state index in [9.17, 15) is 0 Å². The van der Waals surface area contributed by atoms with E-state index in [0.717, 1.165) is 0 Å². The zero-order chi connectivity index (χ0) is 30.7. The summed E-state index contributed by atoms with van der Waals surface area (Å²) in [6.45, 7) is 0. The fourth-order valence-corrected chi connectivity index (χ4v) is 12.4. The predicted octanol–water partition coefficient (Wildman–Crippen LogP) is 9.26. The van der Waals surface area contributed by atoms with Crippen molar-refractivity contribution < 1.29 is 0 Å². The normalized spacial score (nSPS) is 15.7. The van der Waals surface area contributed by atoms with Crippen LogP contribution in [0, 0.1) is 0 Å². The molecule has 1 aliphatic rings. The molecule has 8 rings (SSSR count). The third kappa shape index (κ3) is 5.43. The van der Waals surface area contributed by atoms with E-state index in [-0.39, 0.29) is 11.6 Å². The van der Waals surface area contributed by atoms with Crippen LogP contribution in [0.5, 0.6) is 0 Å². The van der Waals surface area contributed by atoms with Crippen LogP contribution in [0.4, 0.5) is 0 Å². The first-order valence-electron chi connectivity index (χ1n) is 16.0. The van der Waals surface area contributed by atoms with Gasteiger partial charge in [-0.1, -0.05) is 194 Å². The quantitative estimate of drug-likeness (QED) is 0.155. The van der Waals surface area contributed by atoms with Gasteiger partial charge >= 0.3 is 0 Å². The number of benzene rings is 7. The van der Waals surface area contributed by atoms with Gasteiger partial charge in [-0.05, 0) is 69.8 Å². The average molecular weight is 625 g/mol. The molecule has 1 aliphatic carbocycles. The van der Waals surface area contributed by atoms with Gasteiger partial charge in [0.1, 0.15) is 0 Å². The molecule has 0 radical (unpaired) electrons. The Labute approximate surface area is 274 Å². The summed E-state index contributed by atoms with van der Waals surface area (Å²) in [6, 6.07) is 67.8. The number of rotatable bonds is 7. The molecule has 0 fully saturated rings. The van der Waals surface area contributed by atoms with Gasteiger partial charge in [0.05, 0.1) is 0 Å². The molecule has 0 aliphatic heterocycles. The van der Waals surface area contributed by atoms with Crippen molar-refractivity contribution in [1.82, 2.24) is 0 Å². The van der Waals surface area contributed by atoms with Crippen molar-refractivity contribution in [3.05, 3.63) is 205 Å². The first-order chi connectivity index (χ1) is 22.9. The summed E-state index contributed by atoms with van der Waals surface area (Å²) in [6.07, 6.45) is 4.93. The van der Waals surface area contributed by atoms with Gasteiger partial charge < -0.3 is 0 Å². The smallest absolute Gasteiger partial charge is 0.0216 e. The molecule has 0 amide bonds. The Morgan fingerprint density at radius 3 is 1.52 bits per heavy atom. The molecule has 1 unspecified atom stereocenters. The predicted molar refractivity (Wildman–Crippen MR) is 203 cm³/mol. The topological polar surface area (TPSA) is 0 Å². The molecule has 0 saturated carbocycles. The van der Waals surface area contributed by atoms with Crippen LogP contribution in [-0.4, -0.2) is 5.66 Å². The minimum absolute atomic E-state index is 0.172. The lowest BCUT2D eigenvalue weighted by Gasteiger charge is -2.39. The molecule has 0 nitrogen and oxygen atoms in total. The summed E-state index contributed by atoms with van der Waals surface area (Å²) in [5.41, 5.74) is 4.48. The summed E-state index contributed by atoms with van der Waals surface area (Å²) in [5.74, 6) is 0.172. The Kier molecular flexibility index (Phi) is 8.17. The Morgan fingerprint density at radius 2 is 0.913 bits per heavy atom. The Hall–Kier alpha value is -4.60. The molecule has 0 saturated heterocycles. The van der Waals surface area contributed by atoms with Crippen molar-refractivity contribution in [2.45, 2.75) is 11.6 Å². The van der Waals surface area contributed by atoms with Crippen LogP contribution in [0.3, 0.4) is 0 Å². The van der Waals surface area contributed by atoms with Crippen LogP contribution in [0.2, 0.25) is 0 Å². The zero-order valence-corrected chi connectivity index (χ0v) is 27.3. The molecular formula is C44H34P2. The lowest BCUT2D eigenvalue weighted by Crippen LogP contribution is -2.32. The van der Waals surface area contributed by atoms with Crippen molar-refractivity contribution in [2.24, 2.45) is 0 Å². The minimum atomic E-state index is -0.818. The third-order valence-corrected chi connectivity index (χ3v) is 14.3. The molecule has 0 N–H and O–H groups in total. The molecule has 7 aromatic rings. The van der Waals surface area contributed by atoms with Crippen LogP contribution >= 0.6 is 15.8 Å². The number of allylic oxidation sites excluding steroid dienone is 1. The van der Waals surface area contributed by atoms with Gasteiger partial charge in [-0.3, -0.25) is 0 Å². The minimum Gasteiger partial charge on any atom is -0.0749 e. The molecule has 2 atom stereocenters. The van der Waals surface area contributed by atoms with Crippen LogP contribution < -0.4 is 26.5 Å². The summed E-state index contributed by atoms with van der Waals surface area (Å²) in [7, 11) is -1.55. The second-order valence-electron chi connectivity index (χ2n) is 11.7. The van der Waals surface area contributed by atoms with E-state index in [1.807, 2.05) is 0 Å². The highest BCUT2D eigenvalue weighted by Crippen LogP contribution is 2.54. The monoisotopic (exact) mass is 624 g/mol.